The van der Waals surface area contributed by atoms with Gasteiger partial charge in [-0.05, 0) is 30.7 Å². The molecule has 1 heterocycles. The highest BCUT2D eigenvalue weighted by atomic mass is 35.5. The summed E-state index contributed by atoms with van der Waals surface area (Å²) >= 11 is 11.8. The lowest BCUT2D eigenvalue weighted by Crippen LogP contribution is -2.33. The van der Waals surface area contributed by atoms with Crippen molar-refractivity contribution in [3.05, 3.63) is 52.0 Å². The van der Waals surface area contributed by atoms with Crippen molar-refractivity contribution in [2.75, 3.05) is 22.5 Å². The van der Waals surface area contributed by atoms with E-state index in [-0.39, 0.29) is 34.4 Å². The Morgan fingerprint density at radius 2 is 1.69 bits per heavy atom. The minimum absolute atomic E-state index is 0.0707. The van der Waals surface area contributed by atoms with E-state index in [0.717, 1.165) is 12.1 Å². The second-order valence-electron chi connectivity index (χ2n) is 5.80. The van der Waals surface area contributed by atoms with Gasteiger partial charge in [0.25, 0.3) is 0 Å². The van der Waals surface area contributed by atoms with Gasteiger partial charge >= 0.3 is 0 Å². The standard InChI is InChI=1S/C17H13Cl2F2N3O2/c18-13-6-10(7-14(19)15(13)22)23-16(25)12-1-2-24(17(12)26)11-4-8(20)3-9(21)5-11/h3-7,12H,1-2,22H2,(H,23,25). The maximum Gasteiger partial charge on any atom is 0.239 e. The Labute approximate surface area is 157 Å². The molecule has 1 aliphatic rings. The second kappa shape index (κ2) is 7.09. The summed E-state index contributed by atoms with van der Waals surface area (Å²) in [5, 5.41) is 2.90. The average Bonchev–Trinajstić information content (AvgIpc) is 2.93. The fourth-order valence-corrected chi connectivity index (χ4v) is 3.25. The Kier molecular flexibility index (Phi) is 5.02. The topological polar surface area (TPSA) is 75.4 Å². The molecule has 1 atom stereocenters. The van der Waals surface area contributed by atoms with Crippen LogP contribution in [0.4, 0.5) is 25.8 Å². The first-order chi connectivity index (χ1) is 12.3. The van der Waals surface area contributed by atoms with Crippen LogP contribution in [0.15, 0.2) is 30.3 Å². The second-order valence-corrected chi connectivity index (χ2v) is 6.62. The third-order valence-corrected chi connectivity index (χ3v) is 4.65. The van der Waals surface area contributed by atoms with E-state index >= 15 is 0 Å². The number of nitrogens with two attached hydrogens (primary N) is 1. The molecule has 1 aliphatic heterocycles. The van der Waals surface area contributed by atoms with Gasteiger partial charge in [-0.15, -0.1) is 0 Å². The summed E-state index contributed by atoms with van der Waals surface area (Å²) in [5.74, 6) is -3.69. The van der Waals surface area contributed by atoms with Crippen LogP contribution in [0.25, 0.3) is 0 Å². The fourth-order valence-electron chi connectivity index (χ4n) is 2.76. The first-order valence-electron chi connectivity index (χ1n) is 7.59. The van der Waals surface area contributed by atoms with E-state index in [1.807, 2.05) is 0 Å². The highest BCUT2D eigenvalue weighted by Crippen LogP contribution is 2.32. The molecule has 26 heavy (non-hydrogen) atoms. The molecule has 2 amide bonds. The normalized spacial score (nSPS) is 16.8. The van der Waals surface area contributed by atoms with Crippen molar-refractivity contribution in [2.24, 2.45) is 5.92 Å². The summed E-state index contributed by atoms with van der Waals surface area (Å²) in [5.41, 5.74) is 6.18. The number of hydrogen-bond donors (Lipinski definition) is 2. The third-order valence-electron chi connectivity index (χ3n) is 4.03. The predicted octanol–water partition coefficient (Wildman–Crippen LogP) is 3.85. The number of anilines is 3. The van der Waals surface area contributed by atoms with Gasteiger partial charge < -0.3 is 16.0 Å². The van der Waals surface area contributed by atoms with Crippen LogP contribution in [0.2, 0.25) is 10.0 Å². The molecule has 2 aromatic carbocycles. The van der Waals surface area contributed by atoms with Crippen LogP contribution in [-0.2, 0) is 9.59 Å². The molecule has 3 rings (SSSR count). The molecule has 0 saturated carbocycles. The molecule has 0 aliphatic carbocycles. The molecule has 136 valence electrons. The van der Waals surface area contributed by atoms with Gasteiger partial charge in [0, 0.05) is 24.0 Å². The van der Waals surface area contributed by atoms with E-state index in [0.29, 0.717) is 11.8 Å². The highest BCUT2D eigenvalue weighted by molar-refractivity contribution is 6.39. The van der Waals surface area contributed by atoms with E-state index in [4.69, 9.17) is 28.9 Å². The number of nitrogens with zero attached hydrogens (tertiary/aromatic N) is 1. The van der Waals surface area contributed by atoms with Gasteiger partial charge in [0.2, 0.25) is 11.8 Å². The predicted molar refractivity (Wildman–Crippen MR) is 96.3 cm³/mol. The number of nitrogens with one attached hydrogen (secondary N) is 1. The molecular formula is C17H13Cl2F2N3O2. The third kappa shape index (κ3) is 3.59. The Hall–Kier alpha value is -2.38. The molecule has 3 N–H and O–H groups in total. The van der Waals surface area contributed by atoms with Gasteiger partial charge in [0.1, 0.15) is 17.6 Å². The van der Waals surface area contributed by atoms with E-state index < -0.39 is 29.4 Å². The zero-order chi connectivity index (χ0) is 19.0. The van der Waals surface area contributed by atoms with Crippen LogP contribution in [0.1, 0.15) is 6.42 Å². The van der Waals surface area contributed by atoms with Gasteiger partial charge in [-0.3, -0.25) is 9.59 Å². The molecule has 1 saturated heterocycles. The lowest BCUT2D eigenvalue weighted by Gasteiger charge is -2.17. The number of nitrogen functional groups attached to an aromatic ring is 1. The number of rotatable bonds is 3. The minimum Gasteiger partial charge on any atom is -0.396 e. The van der Waals surface area contributed by atoms with Crippen molar-refractivity contribution in [3.8, 4) is 0 Å². The van der Waals surface area contributed by atoms with Crippen molar-refractivity contribution in [2.45, 2.75) is 6.42 Å². The molecule has 1 unspecified atom stereocenters. The van der Waals surface area contributed by atoms with Crippen LogP contribution in [0.3, 0.4) is 0 Å². The summed E-state index contributed by atoms with van der Waals surface area (Å²) in [6.45, 7) is 0.170. The van der Waals surface area contributed by atoms with E-state index in [9.17, 15) is 18.4 Å². The molecule has 0 aromatic heterocycles. The van der Waals surface area contributed by atoms with Crippen LogP contribution < -0.4 is 16.0 Å². The van der Waals surface area contributed by atoms with Crippen LogP contribution in [0.5, 0.6) is 0 Å². The Morgan fingerprint density at radius 3 is 2.27 bits per heavy atom. The number of halogens is 4. The van der Waals surface area contributed by atoms with Crippen LogP contribution >= 0.6 is 23.2 Å². The maximum absolute atomic E-state index is 13.4. The van der Waals surface area contributed by atoms with Gasteiger partial charge in [0.05, 0.1) is 15.7 Å². The number of hydrogen-bond acceptors (Lipinski definition) is 3. The van der Waals surface area contributed by atoms with Crippen LogP contribution in [-0.4, -0.2) is 18.4 Å². The fraction of sp³-hybridized carbons (Fsp3) is 0.176. The van der Waals surface area contributed by atoms with Crippen molar-refractivity contribution < 1.29 is 18.4 Å². The number of carbonyl (C=O) groups is 2. The lowest BCUT2D eigenvalue weighted by molar-refractivity contribution is -0.129. The van der Waals surface area contributed by atoms with Crippen molar-refractivity contribution in [3.63, 3.8) is 0 Å². The van der Waals surface area contributed by atoms with Gasteiger partial charge in [-0.25, -0.2) is 8.78 Å². The molecule has 0 radical (unpaired) electrons. The summed E-state index contributed by atoms with van der Waals surface area (Å²) in [4.78, 5) is 26.1. The summed E-state index contributed by atoms with van der Waals surface area (Å²) in [7, 11) is 0. The van der Waals surface area contributed by atoms with Crippen molar-refractivity contribution in [1.82, 2.24) is 0 Å². The van der Waals surface area contributed by atoms with E-state index in [2.05, 4.69) is 5.32 Å². The first kappa shape index (κ1) is 18.4. The Balaban J connectivity index is 1.76. The summed E-state index contributed by atoms with van der Waals surface area (Å²) in [6.07, 6.45) is 0.208. The number of carbonyl (C=O) groups excluding carboxylic acids is 2. The largest absolute Gasteiger partial charge is 0.396 e. The molecule has 2 aromatic rings. The first-order valence-corrected chi connectivity index (χ1v) is 8.34. The maximum atomic E-state index is 13.4. The van der Waals surface area contributed by atoms with Gasteiger partial charge in [-0.1, -0.05) is 23.2 Å². The molecule has 0 bridgehead atoms. The smallest absolute Gasteiger partial charge is 0.239 e. The lowest BCUT2D eigenvalue weighted by atomic mass is 10.1. The zero-order valence-electron chi connectivity index (χ0n) is 13.2. The Morgan fingerprint density at radius 1 is 1.12 bits per heavy atom. The molecule has 5 nitrogen and oxygen atoms in total. The van der Waals surface area contributed by atoms with Crippen LogP contribution in [0, 0.1) is 17.6 Å². The molecule has 0 spiro atoms. The molecule has 1 fully saturated rings. The molecule has 9 heteroatoms. The van der Waals surface area contributed by atoms with E-state index in [1.54, 1.807) is 0 Å². The summed E-state index contributed by atoms with van der Waals surface area (Å²) < 4.78 is 26.7. The minimum atomic E-state index is -0.989. The molecular weight excluding hydrogens is 387 g/mol. The number of benzene rings is 2. The Bertz CT molecular complexity index is 864. The van der Waals surface area contributed by atoms with Crippen molar-refractivity contribution in [1.29, 1.82) is 0 Å². The monoisotopic (exact) mass is 399 g/mol. The zero-order valence-corrected chi connectivity index (χ0v) is 14.7. The SMILES string of the molecule is Nc1c(Cl)cc(NC(=O)C2CCN(c3cc(F)cc(F)c3)C2=O)cc1Cl. The van der Waals surface area contributed by atoms with Crippen molar-refractivity contribution >= 4 is 52.1 Å². The van der Waals surface area contributed by atoms with E-state index in [1.165, 1.54) is 17.0 Å². The highest BCUT2D eigenvalue weighted by Gasteiger charge is 2.38. The average molecular weight is 400 g/mol. The summed E-state index contributed by atoms with van der Waals surface area (Å²) in [6, 6.07) is 5.63. The van der Waals surface area contributed by atoms with Gasteiger partial charge in [0.15, 0.2) is 0 Å². The number of amides is 2. The quantitative estimate of drug-likeness (QED) is 0.607. The van der Waals surface area contributed by atoms with Gasteiger partial charge in [-0.2, -0.15) is 0 Å².